The summed E-state index contributed by atoms with van der Waals surface area (Å²) in [5.74, 6) is 1.27. The molecule has 4 rings (SSSR count). The summed E-state index contributed by atoms with van der Waals surface area (Å²) in [5.41, 5.74) is 1.78. The highest BCUT2D eigenvalue weighted by Crippen LogP contribution is 2.31. The van der Waals surface area contributed by atoms with Crippen molar-refractivity contribution in [1.82, 2.24) is 25.2 Å². The van der Waals surface area contributed by atoms with Crippen LogP contribution in [-0.4, -0.2) is 25.2 Å². The molecule has 1 aliphatic carbocycles. The van der Waals surface area contributed by atoms with Gasteiger partial charge in [0.15, 0.2) is 0 Å². The molecule has 2 heterocycles. The van der Waals surface area contributed by atoms with Crippen LogP contribution >= 0.6 is 23.4 Å². The minimum Gasteiger partial charge on any atom is -0.444 e. The summed E-state index contributed by atoms with van der Waals surface area (Å²) in [6.45, 7) is 0. The molecule has 0 unspecified atom stereocenters. The van der Waals surface area contributed by atoms with Gasteiger partial charge in [0.1, 0.15) is 6.26 Å². The monoisotopic (exact) mass is 375 g/mol. The summed E-state index contributed by atoms with van der Waals surface area (Å²) < 4.78 is 7.56. The lowest BCUT2D eigenvalue weighted by Gasteiger charge is -2.21. The van der Waals surface area contributed by atoms with Crippen molar-refractivity contribution in [3.05, 3.63) is 41.2 Å². The largest absolute Gasteiger partial charge is 0.444 e. The first-order valence-corrected chi connectivity index (χ1v) is 9.77. The van der Waals surface area contributed by atoms with E-state index in [2.05, 4.69) is 20.5 Å². The lowest BCUT2D eigenvalue weighted by Crippen LogP contribution is -2.15. The maximum atomic E-state index is 5.91. The fraction of sp³-hybridized carbons (Fsp3) is 0.412. The lowest BCUT2D eigenvalue weighted by molar-refractivity contribution is 0.307. The molecule has 25 heavy (non-hydrogen) atoms. The lowest BCUT2D eigenvalue weighted by atomic mass is 9.96. The molecule has 1 saturated carbocycles. The van der Waals surface area contributed by atoms with Crippen molar-refractivity contribution >= 4 is 23.4 Å². The van der Waals surface area contributed by atoms with Crippen LogP contribution in [0.25, 0.3) is 11.5 Å². The van der Waals surface area contributed by atoms with Crippen LogP contribution in [0.15, 0.2) is 40.1 Å². The van der Waals surface area contributed by atoms with Crippen molar-refractivity contribution in [1.29, 1.82) is 0 Å². The van der Waals surface area contributed by atoms with Crippen LogP contribution < -0.4 is 0 Å². The normalized spacial score (nSPS) is 15.6. The van der Waals surface area contributed by atoms with E-state index in [-0.39, 0.29) is 0 Å². The van der Waals surface area contributed by atoms with Crippen LogP contribution in [-0.2, 0) is 5.75 Å². The number of hydrogen-bond acceptors (Lipinski definition) is 6. The van der Waals surface area contributed by atoms with Gasteiger partial charge in [-0.05, 0) is 47.5 Å². The third-order valence-electron chi connectivity index (χ3n) is 4.38. The van der Waals surface area contributed by atoms with E-state index >= 15 is 0 Å². The standard InChI is InChI=1S/C17H18ClN5OS/c18-13-8-6-12(7-9-13)16-19-14(10-24-16)11-25-17-20-21-22-23(17)15-4-2-1-3-5-15/h6-10,15H,1-5,11H2. The molecule has 0 spiro atoms. The molecule has 0 amide bonds. The van der Waals surface area contributed by atoms with Crippen molar-refractivity contribution in [3.63, 3.8) is 0 Å². The summed E-state index contributed by atoms with van der Waals surface area (Å²) in [7, 11) is 0. The van der Waals surface area contributed by atoms with Crippen molar-refractivity contribution in [3.8, 4) is 11.5 Å². The van der Waals surface area contributed by atoms with Gasteiger partial charge in [-0.1, -0.05) is 42.6 Å². The molecule has 3 aromatic rings. The quantitative estimate of drug-likeness (QED) is 0.598. The first-order chi connectivity index (χ1) is 12.3. The number of nitrogens with zero attached hydrogens (tertiary/aromatic N) is 5. The Morgan fingerprint density at radius 1 is 1.16 bits per heavy atom. The minimum atomic E-state index is 0.424. The minimum absolute atomic E-state index is 0.424. The van der Waals surface area contributed by atoms with E-state index in [1.54, 1.807) is 18.0 Å². The highest BCUT2D eigenvalue weighted by Gasteiger charge is 2.20. The number of thioether (sulfide) groups is 1. The Kier molecular flexibility index (Phi) is 5.03. The van der Waals surface area contributed by atoms with Gasteiger partial charge in [0.25, 0.3) is 0 Å². The van der Waals surface area contributed by atoms with Gasteiger partial charge < -0.3 is 4.42 Å². The molecular weight excluding hydrogens is 358 g/mol. The van der Waals surface area contributed by atoms with Gasteiger partial charge in [-0.2, -0.15) is 0 Å². The molecule has 0 radical (unpaired) electrons. The Morgan fingerprint density at radius 2 is 1.96 bits per heavy atom. The van der Waals surface area contributed by atoms with Gasteiger partial charge in [0.05, 0.1) is 11.7 Å². The molecule has 2 aromatic heterocycles. The number of benzene rings is 1. The zero-order chi connectivity index (χ0) is 17.1. The summed E-state index contributed by atoms with van der Waals surface area (Å²) in [4.78, 5) is 4.54. The molecule has 0 bridgehead atoms. The number of rotatable bonds is 5. The van der Waals surface area contributed by atoms with Gasteiger partial charge in [-0.25, -0.2) is 9.67 Å². The Balaban J connectivity index is 1.42. The molecule has 0 saturated heterocycles. The highest BCUT2D eigenvalue weighted by molar-refractivity contribution is 7.98. The Morgan fingerprint density at radius 3 is 2.76 bits per heavy atom. The molecule has 0 aliphatic heterocycles. The van der Waals surface area contributed by atoms with E-state index in [1.807, 2.05) is 28.9 Å². The first kappa shape index (κ1) is 16.6. The summed E-state index contributed by atoms with van der Waals surface area (Å²) >= 11 is 7.51. The molecule has 6 nitrogen and oxygen atoms in total. The predicted molar refractivity (Wildman–Crippen MR) is 96.4 cm³/mol. The fourth-order valence-corrected chi connectivity index (χ4v) is 4.02. The van der Waals surface area contributed by atoms with Crippen molar-refractivity contribution in [2.45, 2.75) is 49.1 Å². The smallest absolute Gasteiger partial charge is 0.226 e. The number of aromatic nitrogens is 5. The third kappa shape index (κ3) is 3.88. The van der Waals surface area contributed by atoms with E-state index in [4.69, 9.17) is 16.0 Å². The Hall–Kier alpha value is -1.86. The topological polar surface area (TPSA) is 69.6 Å². The van der Waals surface area contributed by atoms with Crippen LogP contribution in [0.3, 0.4) is 0 Å². The summed E-state index contributed by atoms with van der Waals surface area (Å²) in [5, 5.41) is 13.8. The van der Waals surface area contributed by atoms with E-state index in [0.29, 0.717) is 22.7 Å². The molecule has 130 valence electrons. The van der Waals surface area contributed by atoms with Crippen LogP contribution in [0.2, 0.25) is 5.02 Å². The van der Waals surface area contributed by atoms with Crippen molar-refractivity contribution < 1.29 is 4.42 Å². The zero-order valence-corrected chi connectivity index (χ0v) is 15.2. The molecule has 1 aromatic carbocycles. The fourth-order valence-electron chi connectivity index (χ4n) is 3.07. The second-order valence-corrected chi connectivity index (χ2v) is 7.52. The van der Waals surface area contributed by atoms with Gasteiger partial charge in [0.2, 0.25) is 11.0 Å². The van der Waals surface area contributed by atoms with Gasteiger partial charge >= 0.3 is 0 Å². The number of tetrazole rings is 1. The molecular formula is C17H18ClN5OS. The SMILES string of the molecule is Clc1ccc(-c2nc(CSc3nnnn3C3CCCCC3)co2)cc1. The van der Waals surface area contributed by atoms with Gasteiger partial charge in [-0.3, -0.25) is 0 Å². The summed E-state index contributed by atoms with van der Waals surface area (Å²) in [6.07, 6.45) is 7.82. The number of oxazole rings is 1. The maximum absolute atomic E-state index is 5.91. The maximum Gasteiger partial charge on any atom is 0.226 e. The second-order valence-electron chi connectivity index (χ2n) is 6.14. The first-order valence-electron chi connectivity index (χ1n) is 8.40. The average molecular weight is 376 g/mol. The summed E-state index contributed by atoms with van der Waals surface area (Å²) in [6, 6.07) is 7.87. The molecule has 0 N–H and O–H groups in total. The predicted octanol–water partition coefficient (Wildman–Crippen LogP) is 4.78. The highest BCUT2D eigenvalue weighted by atomic mass is 35.5. The number of hydrogen-bond donors (Lipinski definition) is 0. The molecule has 8 heteroatoms. The number of halogens is 1. The Labute approximate surface area is 155 Å². The molecule has 0 atom stereocenters. The van der Waals surface area contributed by atoms with Crippen LogP contribution in [0, 0.1) is 0 Å². The van der Waals surface area contributed by atoms with Crippen molar-refractivity contribution in [2.75, 3.05) is 0 Å². The van der Waals surface area contributed by atoms with E-state index < -0.39 is 0 Å². The van der Waals surface area contributed by atoms with Crippen LogP contribution in [0.4, 0.5) is 0 Å². The van der Waals surface area contributed by atoms with E-state index in [0.717, 1.165) is 29.3 Å². The zero-order valence-electron chi connectivity index (χ0n) is 13.6. The third-order valence-corrected chi connectivity index (χ3v) is 5.59. The Bertz CT molecular complexity index is 826. The van der Waals surface area contributed by atoms with Gasteiger partial charge in [0, 0.05) is 16.3 Å². The molecule has 1 fully saturated rings. The van der Waals surface area contributed by atoms with E-state index in [9.17, 15) is 0 Å². The second kappa shape index (κ2) is 7.58. The van der Waals surface area contributed by atoms with Crippen molar-refractivity contribution in [2.24, 2.45) is 0 Å². The molecule has 1 aliphatic rings. The van der Waals surface area contributed by atoms with Crippen LogP contribution in [0.5, 0.6) is 0 Å². The van der Waals surface area contributed by atoms with E-state index in [1.165, 1.54) is 19.3 Å². The van der Waals surface area contributed by atoms with Gasteiger partial charge in [-0.15, -0.1) is 5.10 Å². The average Bonchev–Trinajstić information content (AvgIpc) is 3.31. The van der Waals surface area contributed by atoms with Crippen LogP contribution in [0.1, 0.15) is 43.8 Å².